The number of ether oxygens (including phenoxy) is 2. The lowest BCUT2D eigenvalue weighted by Gasteiger charge is -2.19. The number of amides is 1. The van der Waals surface area contributed by atoms with Crippen molar-refractivity contribution in [1.82, 2.24) is 4.90 Å². The number of hydrogen-bond acceptors (Lipinski definition) is 4. The highest BCUT2D eigenvalue weighted by molar-refractivity contribution is 6.31. The summed E-state index contributed by atoms with van der Waals surface area (Å²) in [4.78, 5) is 22.9. The number of fused-ring (bicyclic) bond motifs is 1. The van der Waals surface area contributed by atoms with Crippen LogP contribution in [0.4, 0.5) is 0 Å². The van der Waals surface area contributed by atoms with Gasteiger partial charge in [-0.15, -0.1) is 0 Å². The van der Waals surface area contributed by atoms with Gasteiger partial charge in [0.2, 0.25) is 0 Å². The number of benzene rings is 1. The lowest BCUT2D eigenvalue weighted by molar-refractivity contribution is -0.155. The van der Waals surface area contributed by atoms with Gasteiger partial charge in [0.15, 0.2) is 11.5 Å². The third-order valence-electron chi connectivity index (χ3n) is 2.87. The average molecular weight is 265 g/mol. The van der Waals surface area contributed by atoms with Gasteiger partial charge >= 0.3 is 11.9 Å². The fourth-order valence-corrected chi connectivity index (χ4v) is 1.80. The number of nitrogens with zero attached hydrogens (tertiary/aromatic N) is 1. The van der Waals surface area contributed by atoms with E-state index >= 15 is 0 Å². The summed E-state index contributed by atoms with van der Waals surface area (Å²) in [5.74, 6) is -0.942. The van der Waals surface area contributed by atoms with E-state index < -0.39 is 11.9 Å². The monoisotopic (exact) mass is 265 g/mol. The molecule has 0 spiro atoms. The molecule has 0 bridgehead atoms. The maximum atomic E-state index is 11.2. The van der Waals surface area contributed by atoms with Crippen LogP contribution in [0.25, 0.3) is 0 Å². The van der Waals surface area contributed by atoms with Gasteiger partial charge in [0.05, 0.1) is 0 Å². The van der Waals surface area contributed by atoms with E-state index in [1.54, 1.807) is 0 Å². The normalized spacial score (nSPS) is 12.9. The Morgan fingerprint density at radius 3 is 2.63 bits per heavy atom. The molecule has 1 aliphatic heterocycles. The van der Waals surface area contributed by atoms with Crippen LogP contribution in [0, 0.1) is 0 Å². The zero-order valence-corrected chi connectivity index (χ0v) is 10.6. The van der Waals surface area contributed by atoms with Gasteiger partial charge in [0.1, 0.15) is 13.2 Å². The Morgan fingerprint density at radius 2 is 1.95 bits per heavy atom. The largest absolute Gasteiger partial charge is 0.486 e. The molecule has 2 rings (SSSR count). The summed E-state index contributed by atoms with van der Waals surface area (Å²) < 4.78 is 10.9. The predicted octanol–water partition coefficient (Wildman–Crippen LogP) is 0.543. The Balaban J connectivity index is 1.96. The standard InChI is InChI=1S/C13H15NO5/c1-14(12(15)13(16)17)5-4-9-2-3-10-11(8-9)19-7-6-18-10/h2-3,8H,4-7H2,1H3,(H,16,17). The number of aliphatic carboxylic acids is 1. The SMILES string of the molecule is CN(CCc1ccc2c(c1)OCCO2)C(=O)C(=O)O. The third-order valence-corrected chi connectivity index (χ3v) is 2.87. The van der Waals surface area contributed by atoms with Crippen molar-refractivity contribution in [3.8, 4) is 11.5 Å². The van der Waals surface area contributed by atoms with Gasteiger partial charge in [-0.05, 0) is 24.1 Å². The quantitative estimate of drug-likeness (QED) is 0.807. The molecular weight excluding hydrogens is 250 g/mol. The summed E-state index contributed by atoms with van der Waals surface area (Å²) in [6.45, 7) is 1.40. The number of likely N-dealkylation sites (N-methyl/N-ethyl adjacent to an activating group) is 1. The van der Waals surface area contributed by atoms with Gasteiger partial charge in [0, 0.05) is 13.6 Å². The molecule has 0 radical (unpaired) electrons. The highest BCUT2D eigenvalue weighted by Crippen LogP contribution is 2.30. The van der Waals surface area contributed by atoms with E-state index in [0.29, 0.717) is 37.7 Å². The van der Waals surface area contributed by atoms with Crippen LogP contribution in [0.3, 0.4) is 0 Å². The molecule has 1 aliphatic rings. The van der Waals surface area contributed by atoms with Crippen LogP contribution in [0.1, 0.15) is 5.56 Å². The summed E-state index contributed by atoms with van der Waals surface area (Å²) >= 11 is 0. The van der Waals surface area contributed by atoms with Gasteiger partial charge < -0.3 is 19.5 Å². The zero-order valence-electron chi connectivity index (χ0n) is 10.6. The molecule has 102 valence electrons. The van der Waals surface area contributed by atoms with Crippen LogP contribution < -0.4 is 9.47 Å². The first-order valence-corrected chi connectivity index (χ1v) is 5.95. The number of rotatable bonds is 3. The molecule has 6 heteroatoms. The molecule has 6 nitrogen and oxygen atoms in total. The molecule has 0 fully saturated rings. The van der Waals surface area contributed by atoms with E-state index in [9.17, 15) is 9.59 Å². The Kier molecular flexibility index (Phi) is 3.89. The molecular formula is C13H15NO5. The number of carboxylic acids is 1. The summed E-state index contributed by atoms with van der Waals surface area (Å²) in [6, 6.07) is 5.56. The van der Waals surface area contributed by atoms with Gasteiger partial charge in [-0.2, -0.15) is 0 Å². The summed E-state index contributed by atoms with van der Waals surface area (Å²) in [6.07, 6.45) is 0.562. The molecule has 1 N–H and O–H groups in total. The maximum Gasteiger partial charge on any atom is 0.394 e. The van der Waals surface area contributed by atoms with Gasteiger partial charge in [0.25, 0.3) is 0 Å². The fourth-order valence-electron chi connectivity index (χ4n) is 1.80. The molecule has 1 heterocycles. The second-order valence-corrected chi connectivity index (χ2v) is 4.26. The number of carboxylic acid groups (broad SMARTS) is 1. The zero-order chi connectivity index (χ0) is 13.8. The summed E-state index contributed by atoms with van der Waals surface area (Å²) in [7, 11) is 1.47. The first kappa shape index (κ1) is 13.2. The smallest absolute Gasteiger partial charge is 0.394 e. The van der Waals surface area contributed by atoms with Crippen LogP contribution in [-0.4, -0.2) is 48.7 Å². The van der Waals surface area contributed by atoms with Crippen LogP contribution >= 0.6 is 0 Å². The molecule has 0 aliphatic carbocycles. The third kappa shape index (κ3) is 3.15. The molecule has 1 aromatic rings. The van der Waals surface area contributed by atoms with Crippen LogP contribution in [0.15, 0.2) is 18.2 Å². The molecule has 0 aromatic heterocycles. The number of carbonyl (C=O) groups excluding carboxylic acids is 1. The highest BCUT2D eigenvalue weighted by atomic mass is 16.6. The van der Waals surface area contributed by atoms with Crippen LogP contribution in [0.2, 0.25) is 0 Å². The molecule has 19 heavy (non-hydrogen) atoms. The molecule has 0 saturated heterocycles. The van der Waals surface area contributed by atoms with Crippen molar-refractivity contribution in [3.63, 3.8) is 0 Å². The van der Waals surface area contributed by atoms with Gasteiger partial charge in [-0.1, -0.05) is 6.07 Å². The van der Waals surface area contributed by atoms with E-state index in [0.717, 1.165) is 5.56 Å². The van der Waals surface area contributed by atoms with Crippen LogP contribution in [-0.2, 0) is 16.0 Å². The second-order valence-electron chi connectivity index (χ2n) is 4.26. The highest BCUT2D eigenvalue weighted by Gasteiger charge is 2.17. The van der Waals surface area contributed by atoms with Crippen LogP contribution in [0.5, 0.6) is 11.5 Å². The van der Waals surface area contributed by atoms with Gasteiger partial charge in [-0.25, -0.2) is 4.79 Å². The van der Waals surface area contributed by atoms with Crippen molar-refractivity contribution in [2.45, 2.75) is 6.42 Å². The van der Waals surface area contributed by atoms with Gasteiger partial charge in [-0.3, -0.25) is 4.79 Å². The molecule has 0 saturated carbocycles. The maximum absolute atomic E-state index is 11.2. The fraction of sp³-hybridized carbons (Fsp3) is 0.385. The predicted molar refractivity (Wildman–Crippen MR) is 66.4 cm³/mol. The van der Waals surface area contributed by atoms with Crippen molar-refractivity contribution in [1.29, 1.82) is 0 Å². The summed E-state index contributed by atoms with van der Waals surface area (Å²) in [5, 5.41) is 8.58. The Morgan fingerprint density at radius 1 is 1.26 bits per heavy atom. The molecule has 1 aromatic carbocycles. The number of hydrogen-bond donors (Lipinski definition) is 1. The molecule has 0 unspecified atom stereocenters. The lowest BCUT2D eigenvalue weighted by Crippen LogP contribution is -2.34. The Labute approximate surface area is 110 Å². The van der Waals surface area contributed by atoms with E-state index in [2.05, 4.69) is 0 Å². The van der Waals surface area contributed by atoms with Crippen molar-refractivity contribution in [3.05, 3.63) is 23.8 Å². The minimum Gasteiger partial charge on any atom is -0.486 e. The first-order valence-electron chi connectivity index (χ1n) is 5.95. The topological polar surface area (TPSA) is 76.1 Å². The minimum atomic E-state index is -1.44. The molecule has 1 amide bonds. The van der Waals surface area contributed by atoms with E-state index in [-0.39, 0.29) is 0 Å². The minimum absolute atomic E-state index is 0.338. The van der Waals surface area contributed by atoms with Crippen molar-refractivity contribution in [2.75, 3.05) is 26.8 Å². The summed E-state index contributed by atoms with van der Waals surface area (Å²) in [5.41, 5.74) is 0.967. The van der Waals surface area contributed by atoms with E-state index in [4.69, 9.17) is 14.6 Å². The number of carbonyl (C=O) groups is 2. The first-order chi connectivity index (χ1) is 9.08. The lowest BCUT2D eigenvalue weighted by atomic mass is 10.1. The second kappa shape index (κ2) is 5.60. The van der Waals surface area contributed by atoms with Crippen molar-refractivity contribution in [2.24, 2.45) is 0 Å². The average Bonchev–Trinajstić information content (AvgIpc) is 2.43. The van der Waals surface area contributed by atoms with E-state index in [1.807, 2.05) is 18.2 Å². The van der Waals surface area contributed by atoms with E-state index in [1.165, 1.54) is 11.9 Å². The molecule has 0 atom stereocenters. The van der Waals surface area contributed by atoms with Crippen molar-refractivity contribution < 1.29 is 24.2 Å². The Hall–Kier alpha value is -2.24. The van der Waals surface area contributed by atoms with Crippen molar-refractivity contribution >= 4 is 11.9 Å². The Bertz CT molecular complexity index is 500.